The summed E-state index contributed by atoms with van der Waals surface area (Å²) in [6.07, 6.45) is 8.68. The molecule has 4 heteroatoms. The molecule has 1 fully saturated rings. The summed E-state index contributed by atoms with van der Waals surface area (Å²) in [6, 6.07) is 0.174. The maximum atomic E-state index is 11.9. The molecule has 0 bridgehead atoms. The number of piperidine rings is 1. The molecule has 1 aliphatic rings. The van der Waals surface area contributed by atoms with Crippen molar-refractivity contribution in [1.82, 2.24) is 10.2 Å². The quantitative estimate of drug-likeness (QED) is 0.542. The molecular weight excluding hydrogens is 240 g/mol. The Kier molecular flexibility index (Phi) is 7.72. The Balaban J connectivity index is 2.27. The second kappa shape index (κ2) is 9.08. The number of rotatable bonds is 8. The molecule has 0 spiro atoms. The molecular formula is C15H28N2O2. The SMILES string of the molecule is CCCCCC(C)NC(=O)CN1CCCCC1C=O. The Morgan fingerprint density at radius 3 is 2.89 bits per heavy atom. The highest BCUT2D eigenvalue weighted by molar-refractivity contribution is 5.78. The average molecular weight is 268 g/mol. The molecule has 0 aromatic heterocycles. The van der Waals surface area contributed by atoms with Crippen molar-refractivity contribution in [3.63, 3.8) is 0 Å². The first-order chi connectivity index (χ1) is 9.17. The van der Waals surface area contributed by atoms with Gasteiger partial charge in [-0.25, -0.2) is 0 Å². The summed E-state index contributed by atoms with van der Waals surface area (Å²) in [5, 5.41) is 3.03. The van der Waals surface area contributed by atoms with Crippen molar-refractivity contribution >= 4 is 12.2 Å². The molecule has 2 unspecified atom stereocenters. The highest BCUT2D eigenvalue weighted by Crippen LogP contribution is 2.14. The molecule has 1 aliphatic heterocycles. The fraction of sp³-hybridized carbons (Fsp3) is 0.867. The lowest BCUT2D eigenvalue weighted by molar-refractivity contribution is -0.124. The Bertz CT molecular complexity index is 281. The Morgan fingerprint density at radius 1 is 1.42 bits per heavy atom. The van der Waals surface area contributed by atoms with Gasteiger partial charge in [0.05, 0.1) is 12.6 Å². The van der Waals surface area contributed by atoms with E-state index in [4.69, 9.17) is 0 Å². The molecule has 4 nitrogen and oxygen atoms in total. The largest absolute Gasteiger partial charge is 0.353 e. The van der Waals surface area contributed by atoms with Crippen LogP contribution in [0.5, 0.6) is 0 Å². The molecule has 2 atom stereocenters. The van der Waals surface area contributed by atoms with Crippen LogP contribution in [0.15, 0.2) is 0 Å². The Hall–Kier alpha value is -0.900. The third-order valence-corrected chi connectivity index (χ3v) is 3.82. The van der Waals surface area contributed by atoms with E-state index >= 15 is 0 Å². The lowest BCUT2D eigenvalue weighted by Crippen LogP contribution is -2.47. The predicted octanol–water partition coefficient (Wildman–Crippen LogP) is 2.12. The third kappa shape index (κ3) is 6.19. The summed E-state index contributed by atoms with van der Waals surface area (Å²) in [4.78, 5) is 24.9. The van der Waals surface area contributed by atoms with Gasteiger partial charge in [-0.2, -0.15) is 0 Å². The van der Waals surface area contributed by atoms with Crippen LogP contribution in [-0.4, -0.2) is 42.3 Å². The normalized spacial score (nSPS) is 21.9. The molecule has 0 aromatic carbocycles. The number of aldehydes is 1. The van der Waals surface area contributed by atoms with Gasteiger partial charge in [-0.15, -0.1) is 0 Å². The van der Waals surface area contributed by atoms with Crippen molar-refractivity contribution in [2.75, 3.05) is 13.1 Å². The second-order valence-electron chi connectivity index (χ2n) is 5.63. The number of amides is 1. The molecule has 19 heavy (non-hydrogen) atoms. The van der Waals surface area contributed by atoms with Crippen LogP contribution in [0.4, 0.5) is 0 Å². The van der Waals surface area contributed by atoms with Crippen molar-refractivity contribution in [2.45, 2.75) is 70.9 Å². The van der Waals surface area contributed by atoms with Crippen LogP contribution in [-0.2, 0) is 9.59 Å². The van der Waals surface area contributed by atoms with Crippen LogP contribution in [0.2, 0.25) is 0 Å². The minimum Gasteiger partial charge on any atom is -0.353 e. The van der Waals surface area contributed by atoms with E-state index < -0.39 is 0 Å². The predicted molar refractivity (Wildman–Crippen MR) is 77.0 cm³/mol. The summed E-state index contributed by atoms with van der Waals surface area (Å²) in [5.41, 5.74) is 0. The highest BCUT2D eigenvalue weighted by atomic mass is 16.2. The topological polar surface area (TPSA) is 49.4 Å². The van der Waals surface area contributed by atoms with Gasteiger partial charge in [-0.05, 0) is 32.7 Å². The molecule has 1 N–H and O–H groups in total. The molecule has 1 amide bonds. The van der Waals surface area contributed by atoms with E-state index in [2.05, 4.69) is 19.2 Å². The summed E-state index contributed by atoms with van der Waals surface area (Å²) < 4.78 is 0. The summed E-state index contributed by atoms with van der Waals surface area (Å²) >= 11 is 0. The lowest BCUT2D eigenvalue weighted by Gasteiger charge is -2.31. The number of hydrogen-bond acceptors (Lipinski definition) is 3. The van der Waals surface area contributed by atoms with Crippen LogP contribution in [0.3, 0.4) is 0 Å². The molecule has 1 saturated heterocycles. The zero-order valence-corrected chi connectivity index (χ0v) is 12.4. The van der Waals surface area contributed by atoms with E-state index in [1.165, 1.54) is 19.3 Å². The van der Waals surface area contributed by atoms with Crippen molar-refractivity contribution in [3.8, 4) is 0 Å². The molecule has 0 radical (unpaired) electrons. The highest BCUT2D eigenvalue weighted by Gasteiger charge is 2.23. The summed E-state index contributed by atoms with van der Waals surface area (Å²) in [7, 11) is 0. The van der Waals surface area contributed by atoms with Gasteiger partial charge in [0.1, 0.15) is 6.29 Å². The van der Waals surface area contributed by atoms with E-state index in [0.717, 1.165) is 38.5 Å². The molecule has 0 aliphatic carbocycles. The van der Waals surface area contributed by atoms with Crippen molar-refractivity contribution < 1.29 is 9.59 Å². The third-order valence-electron chi connectivity index (χ3n) is 3.82. The van der Waals surface area contributed by atoms with Gasteiger partial charge in [0.15, 0.2) is 0 Å². The van der Waals surface area contributed by atoms with Crippen LogP contribution >= 0.6 is 0 Å². The first kappa shape index (κ1) is 16.2. The van der Waals surface area contributed by atoms with Crippen LogP contribution in [0.1, 0.15) is 58.8 Å². The van der Waals surface area contributed by atoms with Crippen LogP contribution in [0, 0.1) is 0 Å². The molecule has 110 valence electrons. The number of nitrogens with one attached hydrogen (secondary N) is 1. The summed E-state index contributed by atoms with van der Waals surface area (Å²) in [6.45, 7) is 5.46. The zero-order chi connectivity index (χ0) is 14.1. The van der Waals surface area contributed by atoms with Crippen molar-refractivity contribution in [3.05, 3.63) is 0 Å². The second-order valence-corrected chi connectivity index (χ2v) is 5.63. The number of nitrogens with zero attached hydrogens (tertiary/aromatic N) is 1. The van der Waals surface area contributed by atoms with Crippen molar-refractivity contribution in [2.24, 2.45) is 0 Å². The number of carbonyl (C=O) groups excluding carboxylic acids is 2. The number of carbonyl (C=O) groups is 2. The minimum absolute atomic E-state index is 0.0535. The van der Waals surface area contributed by atoms with Gasteiger partial charge < -0.3 is 10.1 Å². The van der Waals surface area contributed by atoms with Gasteiger partial charge in [0.2, 0.25) is 5.91 Å². The van der Waals surface area contributed by atoms with Gasteiger partial charge in [0.25, 0.3) is 0 Å². The monoisotopic (exact) mass is 268 g/mol. The fourth-order valence-electron chi connectivity index (χ4n) is 2.64. The Morgan fingerprint density at radius 2 is 2.21 bits per heavy atom. The molecule has 0 aromatic rings. The Labute approximate surface area is 116 Å². The van der Waals surface area contributed by atoms with E-state index in [-0.39, 0.29) is 18.0 Å². The minimum atomic E-state index is -0.0603. The first-order valence-corrected chi connectivity index (χ1v) is 7.66. The van der Waals surface area contributed by atoms with Crippen LogP contribution in [0.25, 0.3) is 0 Å². The maximum absolute atomic E-state index is 11.9. The van der Waals surface area contributed by atoms with Crippen LogP contribution < -0.4 is 5.32 Å². The molecule has 0 saturated carbocycles. The standard InChI is InChI=1S/C15H28N2O2/c1-3-4-5-8-13(2)16-15(19)11-17-10-7-6-9-14(17)12-18/h12-14H,3-11H2,1-2H3,(H,16,19). The number of unbranched alkanes of at least 4 members (excludes halogenated alkanes) is 2. The molecule has 1 rings (SSSR count). The fourth-order valence-corrected chi connectivity index (χ4v) is 2.64. The first-order valence-electron chi connectivity index (χ1n) is 7.66. The van der Waals surface area contributed by atoms with E-state index in [9.17, 15) is 9.59 Å². The lowest BCUT2D eigenvalue weighted by atomic mass is 10.0. The smallest absolute Gasteiger partial charge is 0.234 e. The van der Waals surface area contributed by atoms with Gasteiger partial charge in [-0.3, -0.25) is 9.69 Å². The van der Waals surface area contributed by atoms with Gasteiger partial charge in [0, 0.05) is 6.04 Å². The maximum Gasteiger partial charge on any atom is 0.234 e. The summed E-state index contributed by atoms with van der Waals surface area (Å²) in [5.74, 6) is 0.0535. The van der Waals surface area contributed by atoms with E-state index in [1.807, 2.05) is 4.90 Å². The van der Waals surface area contributed by atoms with E-state index in [1.54, 1.807) is 0 Å². The van der Waals surface area contributed by atoms with E-state index in [0.29, 0.717) is 6.54 Å². The average Bonchev–Trinajstić information content (AvgIpc) is 2.39. The van der Waals surface area contributed by atoms with Gasteiger partial charge >= 0.3 is 0 Å². The number of likely N-dealkylation sites (tertiary alicyclic amines) is 1. The molecule has 1 heterocycles. The number of hydrogen-bond donors (Lipinski definition) is 1. The van der Waals surface area contributed by atoms with Gasteiger partial charge in [-0.1, -0.05) is 32.6 Å². The zero-order valence-electron chi connectivity index (χ0n) is 12.4. The van der Waals surface area contributed by atoms with Crippen molar-refractivity contribution in [1.29, 1.82) is 0 Å².